The van der Waals surface area contributed by atoms with Crippen LogP contribution >= 0.6 is 0 Å². The van der Waals surface area contributed by atoms with E-state index < -0.39 is 43.9 Å². The van der Waals surface area contributed by atoms with Gasteiger partial charge in [0.05, 0.1) is 17.9 Å². The molecule has 0 aliphatic rings. The standard InChI is InChI=1S/C6H14N2O6S2/c1-7-15(11,12)5-3-8-16(13,14)4-2-6(9)10/h7-8H,2-5H2,1H3,(H,9,10). The van der Waals surface area contributed by atoms with E-state index >= 15 is 0 Å². The molecule has 0 saturated heterocycles. The number of carbonyl (C=O) groups is 1. The van der Waals surface area contributed by atoms with Crippen LogP contribution in [0.1, 0.15) is 6.42 Å². The minimum Gasteiger partial charge on any atom is -0.481 e. The summed E-state index contributed by atoms with van der Waals surface area (Å²) in [5.74, 6) is -2.19. The third-order valence-electron chi connectivity index (χ3n) is 1.59. The van der Waals surface area contributed by atoms with Crippen molar-refractivity contribution in [3.8, 4) is 0 Å². The third kappa shape index (κ3) is 7.56. The SMILES string of the molecule is CNS(=O)(=O)CCNS(=O)(=O)CCC(=O)O. The average molecular weight is 274 g/mol. The van der Waals surface area contributed by atoms with Gasteiger partial charge in [-0.15, -0.1) is 0 Å². The van der Waals surface area contributed by atoms with Crippen LogP contribution in [0.15, 0.2) is 0 Å². The van der Waals surface area contributed by atoms with Gasteiger partial charge in [0.25, 0.3) is 0 Å². The minimum atomic E-state index is -3.73. The second kappa shape index (κ2) is 6.13. The van der Waals surface area contributed by atoms with Crippen molar-refractivity contribution < 1.29 is 26.7 Å². The zero-order valence-corrected chi connectivity index (χ0v) is 10.3. The number of aliphatic carboxylic acids is 1. The first-order chi connectivity index (χ1) is 7.18. The Morgan fingerprint density at radius 1 is 1.12 bits per heavy atom. The van der Waals surface area contributed by atoms with Crippen molar-refractivity contribution in [2.24, 2.45) is 0 Å². The number of carboxylic acid groups (broad SMARTS) is 1. The molecule has 0 radical (unpaired) electrons. The Labute approximate surface area is 94.1 Å². The molecule has 0 unspecified atom stereocenters. The van der Waals surface area contributed by atoms with Crippen molar-refractivity contribution in [3.63, 3.8) is 0 Å². The van der Waals surface area contributed by atoms with E-state index in [9.17, 15) is 21.6 Å². The molecule has 10 heteroatoms. The Balaban J connectivity index is 4.06. The van der Waals surface area contributed by atoms with Gasteiger partial charge in [-0.2, -0.15) is 0 Å². The van der Waals surface area contributed by atoms with Crippen molar-refractivity contribution in [2.75, 3.05) is 25.1 Å². The topological polar surface area (TPSA) is 130 Å². The van der Waals surface area contributed by atoms with Gasteiger partial charge in [0.15, 0.2) is 0 Å². The molecule has 0 aromatic heterocycles. The first-order valence-electron chi connectivity index (χ1n) is 4.29. The lowest BCUT2D eigenvalue weighted by molar-refractivity contribution is -0.136. The monoisotopic (exact) mass is 274 g/mol. The van der Waals surface area contributed by atoms with Crippen LogP contribution in [0.3, 0.4) is 0 Å². The van der Waals surface area contributed by atoms with Crippen molar-refractivity contribution >= 4 is 26.0 Å². The Morgan fingerprint density at radius 3 is 2.12 bits per heavy atom. The smallest absolute Gasteiger partial charge is 0.304 e. The molecule has 0 fully saturated rings. The maximum absolute atomic E-state index is 11.1. The quantitative estimate of drug-likeness (QED) is 0.466. The number of rotatable bonds is 8. The van der Waals surface area contributed by atoms with Crippen molar-refractivity contribution in [3.05, 3.63) is 0 Å². The largest absolute Gasteiger partial charge is 0.481 e. The van der Waals surface area contributed by atoms with Gasteiger partial charge in [-0.05, 0) is 7.05 Å². The Bertz CT molecular complexity index is 426. The van der Waals surface area contributed by atoms with Crippen LogP contribution in [-0.2, 0) is 24.8 Å². The highest BCUT2D eigenvalue weighted by molar-refractivity contribution is 7.90. The van der Waals surface area contributed by atoms with E-state index in [2.05, 4.69) is 0 Å². The lowest BCUT2D eigenvalue weighted by atomic mass is 10.5. The summed E-state index contributed by atoms with van der Waals surface area (Å²) in [7, 11) is -5.98. The van der Waals surface area contributed by atoms with E-state index in [4.69, 9.17) is 5.11 Å². The molecule has 0 atom stereocenters. The van der Waals surface area contributed by atoms with Crippen LogP contribution < -0.4 is 9.44 Å². The Kier molecular flexibility index (Phi) is 5.86. The molecular weight excluding hydrogens is 260 g/mol. The summed E-state index contributed by atoms with van der Waals surface area (Å²) in [4.78, 5) is 10.1. The predicted octanol–water partition coefficient (Wildman–Crippen LogP) is -2.07. The van der Waals surface area contributed by atoms with Gasteiger partial charge >= 0.3 is 5.97 Å². The molecule has 96 valence electrons. The van der Waals surface area contributed by atoms with Crippen molar-refractivity contribution in [2.45, 2.75) is 6.42 Å². The fourth-order valence-corrected chi connectivity index (χ4v) is 2.43. The van der Waals surface area contributed by atoms with Gasteiger partial charge in [0.1, 0.15) is 0 Å². The predicted molar refractivity (Wildman–Crippen MR) is 56.9 cm³/mol. The van der Waals surface area contributed by atoms with E-state index in [-0.39, 0.29) is 6.54 Å². The number of hydrogen-bond donors (Lipinski definition) is 3. The molecule has 0 heterocycles. The summed E-state index contributed by atoms with van der Waals surface area (Å²) in [5, 5.41) is 8.27. The molecule has 0 bridgehead atoms. The molecule has 8 nitrogen and oxygen atoms in total. The molecule has 0 aliphatic carbocycles. The summed E-state index contributed by atoms with van der Waals surface area (Å²) >= 11 is 0. The van der Waals surface area contributed by atoms with E-state index in [1.807, 2.05) is 9.44 Å². The van der Waals surface area contributed by atoms with Crippen LogP contribution in [0.25, 0.3) is 0 Å². The molecule has 16 heavy (non-hydrogen) atoms. The van der Waals surface area contributed by atoms with E-state index in [1.54, 1.807) is 0 Å². The Morgan fingerprint density at radius 2 is 1.69 bits per heavy atom. The fraction of sp³-hybridized carbons (Fsp3) is 0.833. The molecule has 0 aromatic rings. The number of sulfonamides is 2. The molecule has 0 rings (SSSR count). The van der Waals surface area contributed by atoms with Crippen molar-refractivity contribution in [1.82, 2.24) is 9.44 Å². The van der Waals surface area contributed by atoms with Gasteiger partial charge in [0.2, 0.25) is 20.0 Å². The zero-order chi connectivity index (χ0) is 12.8. The van der Waals surface area contributed by atoms with Crippen LogP contribution in [-0.4, -0.2) is 53.0 Å². The molecule has 0 aliphatic heterocycles. The van der Waals surface area contributed by atoms with Crippen LogP contribution in [0.5, 0.6) is 0 Å². The first kappa shape index (κ1) is 15.3. The summed E-state index contributed by atoms with van der Waals surface area (Å²) in [6, 6.07) is 0. The zero-order valence-electron chi connectivity index (χ0n) is 8.63. The fourth-order valence-electron chi connectivity index (χ4n) is 0.727. The average Bonchev–Trinajstić information content (AvgIpc) is 2.14. The molecule has 0 saturated carbocycles. The second-order valence-corrected chi connectivity index (χ2v) is 6.85. The Hall–Kier alpha value is -0.710. The number of carboxylic acids is 1. The summed E-state index contributed by atoms with van der Waals surface area (Å²) < 4.78 is 48.1. The highest BCUT2D eigenvalue weighted by Gasteiger charge is 2.14. The molecule has 3 N–H and O–H groups in total. The lowest BCUT2D eigenvalue weighted by Crippen LogP contribution is -2.34. The highest BCUT2D eigenvalue weighted by Crippen LogP contribution is 1.90. The van der Waals surface area contributed by atoms with Gasteiger partial charge in [-0.3, -0.25) is 4.79 Å². The van der Waals surface area contributed by atoms with Gasteiger partial charge < -0.3 is 5.11 Å². The molecule has 0 spiro atoms. The number of nitrogens with one attached hydrogen (secondary N) is 2. The van der Waals surface area contributed by atoms with Gasteiger partial charge in [-0.1, -0.05) is 0 Å². The van der Waals surface area contributed by atoms with E-state index in [1.165, 1.54) is 7.05 Å². The van der Waals surface area contributed by atoms with Crippen LogP contribution in [0, 0.1) is 0 Å². The summed E-state index contributed by atoms with van der Waals surface area (Å²) in [6.07, 6.45) is -0.520. The van der Waals surface area contributed by atoms with Gasteiger partial charge in [0, 0.05) is 6.54 Å². The summed E-state index contributed by atoms with van der Waals surface area (Å²) in [5.41, 5.74) is 0. The van der Waals surface area contributed by atoms with E-state index in [0.29, 0.717) is 0 Å². The molecule has 0 amide bonds. The summed E-state index contributed by atoms with van der Waals surface area (Å²) in [6.45, 7) is -0.287. The maximum atomic E-state index is 11.1. The first-order valence-corrected chi connectivity index (χ1v) is 7.59. The maximum Gasteiger partial charge on any atom is 0.304 e. The van der Waals surface area contributed by atoms with Crippen LogP contribution in [0.2, 0.25) is 0 Å². The minimum absolute atomic E-state index is 0.287. The third-order valence-corrected chi connectivity index (χ3v) is 4.34. The van der Waals surface area contributed by atoms with Crippen LogP contribution in [0.4, 0.5) is 0 Å². The van der Waals surface area contributed by atoms with Gasteiger partial charge in [-0.25, -0.2) is 26.3 Å². The number of hydrogen-bond acceptors (Lipinski definition) is 5. The van der Waals surface area contributed by atoms with E-state index in [0.717, 1.165) is 0 Å². The lowest BCUT2D eigenvalue weighted by Gasteiger charge is -2.05. The highest BCUT2D eigenvalue weighted by atomic mass is 32.2. The normalized spacial score (nSPS) is 12.6. The second-order valence-electron chi connectivity index (χ2n) is 2.88. The molecule has 0 aromatic carbocycles. The molecular formula is C6H14N2O6S2. The van der Waals surface area contributed by atoms with Crippen molar-refractivity contribution in [1.29, 1.82) is 0 Å².